The molecule has 0 aliphatic carbocycles. The van der Waals surface area contributed by atoms with Crippen LogP contribution in [0.2, 0.25) is 0 Å². The number of aromatic nitrogens is 4. The van der Waals surface area contributed by atoms with Gasteiger partial charge in [0.15, 0.2) is 17.5 Å². The van der Waals surface area contributed by atoms with Crippen LogP contribution in [0.4, 0.5) is 0 Å². The summed E-state index contributed by atoms with van der Waals surface area (Å²) in [6.07, 6.45) is 0. The van der Waals surface area contributed by atoms with E-state index in [-0.39, 0.29) is 0 Å². The van der Waals surface area contributed by atoms with Crippen LogP contribution in [0.3, 0.4) is 0 Å². The lowest BCUT2D eigenvalue weighted by Gasteiger charge is -2.09. The van der Waals surface area contributed by atoms with Crippen LogP contribution in [0.1, 0.15) is 5.56 Å². The van der Waals surface area contributed by atoms with E-state index in [4.69, 9.17) is 15.0 Å². The van der Waals surface area contributed by atoms with Crippen molar-refractivity contribution in [3.8, 4) is 45.9 Å². The Morgan fingerprint density at radius 1 is 0.487 bits per heavy atom. The third-order valence-corrected chi connectivity index (χ3v) is 6.87. The molecule has 7 rings (SSSR count). The van der Waals surface area contributed by atoms with E-state index in [0.29, 0.717) is 23.0 Å². The minimum atomic E-state index is 0.610. The molecule has 0 atom stereocenters. The molecule has 0 saturated heterocycles. The van der Waals surface area contributed by atoms with E-state index in [1.54, 1.807) is 0 Å². The lowest BCUT2D eigenvalue weighted by atomic mass is 10.1. The van der Waals surface area contributed by atoms with E-state index in [1.165, 1.54) is 0 Å². The molecule has 0 fully saturated rings. The van der Waals surface area contributed by atoms with Crippen molar-refractivity contribution in [3.05, 3.63) is 133 Å². The maximum absolute atomic E-state index is 9.58. The molecule has 0 aliphatic heterocycles. The largest absolute Gasteiger partial charge is 0.309 e. The molecule has 0 radical (unpaired) electrons. The Kier molecular flexibility index (Phi) is 5.42. The minimum Gasteiger partial charge on any atom is -0.309 e. The van der Waals surface area contributed by atoms with Crippen LogP contribution < -0.4 is 0 Å². The molecule has 0 aliphatic rings. The summed E-state index contributed by atoms with van der Waals surface area (Å²) in [7, 11) is 0. The van der Waals surface area contributed by atoms with Crippen molar-refractivity contribution in [2.75, 3.05) is 0 Å². The average Bonchev–Trinajstić information content (AvgIpc) is 3.35. The van der Waals surface area contributed by atoms with Gasteiger partial charge < -0.3 is 4.57 Å². The van der Waals surface area contributed by atoms with Gasteiger partial charge in [0.1, 0.15) is 0 Å². The molecule has 182 valence electrons. The molecular weight excluding hydrogens is 478 g/mol. The smallest absolute Gasteiger partial charge is 0.164 e. The lowest BCUT2D eigenvalue weighted by Crippen LogP contribution is -2.00. The van der Waals surface area contributed by atoms with Crippen molar-refractivity contribution in [2.45, 2.75) is 0 Å². The van der Waals surface area contributed by atoms with E-state index in [9.17, 15) is 5.26 Å². The highest BCUT2D eigenvalue weighted by molar-refractivity contribution is 6.10. The predicted molar refractivity (Wildman–Crippen MR) is 155 cm³/mol. The Labute approximate surface area is 225 Å². The van der Waals surface area contributed by atoms with Gasteiger partial charge in [0, 0.05) is 33.2 Å². The van der Waals surface area contributed by atoms with Crippen LogP contribution in [0, 0.1) is 11.3 Å². The van der Waals surface area contributed by atoms with Crippen LogP contribution >= 0.6 is 0 Å². The Morgan fingerprint density at radius 2 is 1.05 bits per heavy atom. The van der Waals surface area contributed by atoms with Crippen molar-refractivity contribution < 1.29 is 0 Å². The third-order valence-electron chi connectivity index (χ3n) is 6.87. The summed E-state index contributed by atoms with van der Waals surface area (Å²) < 4.78 is 2.20. The summed E-state index contributed by atoms with van der Waals surface area (Å²) in [6, 6.07) is 44.6. The van der Waals surface area contributed by atoms with Crippen molar-refractivity contribution in [3.63, 3.8) is 0 Å². The molecule has 0 saturated carbocycles. The number of nitriles is 1. The second-order valence-electron chi connectivity index (χ2n) is 9.28. The van der Waals surface area contributed by atoms with Crippen molar-refractivity contribution >= 4 is 21.8 Å². The second kappa shape index (κ2) is 9.37. The minimum absolute atomic E-state index is 0.610. The fourth-order valence-corrected chi connectivity index (χ4v) is 5.02. The van der Waals surface area contributed by atoms with E-state index < -0.39 is 0 Å². The number of fused-ring (bicyclic) bond motifs is 3. The number of nitrogens with zero attached hydrogens (tertiary/aromatic N) is 5. The van der Waals surface area contributed by atoms with Crippen LogP contribution in [0.5, 0.6) is 0 Å². The maximum Gasteiger partial charge on any atom is 0.164 e. The Morgan fingerprint density at radius 3 is 1.64 bits per heavy atom. The number of para-hydroxylation sites is 1. The van der Waals surface area contributed by atoms with Crippen LogP contribution in [0.25, 0.3) is 61.7 Å². The fraction of sp³-hybridized carbons (Fsp3) is 0. The normalized spacial score (nSPS) is 11.1. The van der Waals surface area contributed by atoms with Gasteiger partial charge in [-0.15, -0.1) is 0 Å². The van der Waals surface area contributed by atoms with E-state index in [0.717, 1.165) is 44.2 Å². The predicted octanol–water partition coefficient (Wildman–Crippen LogP) is 7.84. The first kappa shape index (κ1) is 22.6. The van der Waals surface area contributed by atoms with Gasteiger partial charge >= 0.3 is 0 Å². The van der Waals surface area contributed by atoms with Crippen molar-refractivity contribution in [1.82, 2.24) is 19.5 Å². The molecule has 5 aromatic carbocycles. The second-order valence-corrected chi connectivity index (χ2v) is 9.28. The van der Waals surface area contributed by atoms with E-state index in [1.807, 2.05) is 97.1 Å². The Bertz CT molecular complexity index is 1950. The highest BCUT2D eigenvalue weighted by Crippen LogP contribution is 2.35. The zero-order valence-corrected chi connectivity index (χ0v) is 20.9. The molecule has 0 N–H and O–H groups in total. The maximum atomic E-state index is 9.58. The molecule has 0 amide bonds. The van der Waals surface area contributed by atoms with Crippen molar-refractivity contribution in [1.29, 1.82) is 5.26 Å². The zero-order chi connectivity index (χ0) is 26.2. The molecule has 0 bridgehead atoms. The highest BCUT2D eigenvalue weighted by Gasteiger charge is 2.16. The van der Waals surface area contributed by atoms with Crippen molar-refractivity contribution in [2.24, 2.45) is 0 Å². The molecular formula is C34H21N5. The highest BCUT2D eigenvalue weighted by atomic mass is 15.0. The van der Waals surface area contributed by atoms with Gasteiger partial charge in [-0.2, -0.15) is 5.26 Å². The molecule has 5 nitrogen and oxygen atoms in total. The summed E-state index contributed by atoms with van der Waals surface area (Å²) in [5.41, 5.74) is 6.47. The first-order valence-electron chi connectivity index (χ1n) is 12.7. The fourth-order valence-electron chi connectivity index (χ4n) is 5.02. The zero-order valence-electron chi connectivity index (χ0n) is 20.9. The number of rotatable bonds is 4. The topological polar surface area (TPSA) is 67.4 Å². The number of hydrogen-bond donors (Lipinski definition) is 0. The van der Waals surface area contributed by atoms with Gasteiger partial charge in [-0.05, 0) is 42.5 Å². The molecule has 0 spiro atoms. The average molecular weight is 500 g/mol. The van der Waals surface area contributed by atoms with Gasteiger partial charge in [0.05, 0.1) is 22.7 Å². The van der Waals surface area contributed by atoms with Gasteiger partial charge in [-0.3, -0.25) is 0 Å². The quantitative estimate of drug-likeness (QED) is 0.247. The first-order valence-corrected chi connectivity index (χ1v) is 12.7. The lowest BCUT2D eigenvalue weighted by molar-refractivity contribution is 1.07. The molecule has 7 aromatic rings. The molecule has 5 heteroatoms. The Hall–Kier alpha value is -5.60. The number of benzene rings is 5. The molecule has 2 heterocycles. The van der Waals surface area contributed by atoms with Crippen LogP contribution in [-0.4, -0.2) is 19.5 Å². The summed E-state index contributed by atoms with van der Waals surface area (Å²) in [6.45, 7) is 0. The summed E-state index contributed by atoms with van der Waals surface area (Å²) >= 11 is 0. The molecule has 2 aromatic heterocycles. The van der Waals surface area contributed by atoms with E-state index in [2.05, 4.69) is 41.0 Å². The van der Waals surface area contributed by atoms with E-state index >= 15 is 0 Å². The summed E-state index contributed by atoms with van der Waals surface area (Å²) in [5.74, 6) is 1.87. The summed E-state index contributed by atoms with van der Waals surface area (Å²) in [5, 5.41) is 11.7. The van der Waals surface area contributed by atoms with Crippen LogP contribution in [-0.2, 0) is 0 Å². The summed E-state index contributed by atoms with van der Waals surface area (Å²) in [4.78, 5) is 14.6. The molecule has 39 heavy (non-hydrogen) atoms. The van der Waals surface area contributed by atoms with Gasteiger partial charge in [0.25, 0.3) is 0 Å². The van der Waals surface area contributed by atoms with Crippen LogP contribution in [0.15, 0.2) is 127 Å². The SMILES string of the molecule is N#Cc1ccc2c3cc(-c4nc(-c5ccccc5)nc(-c5ccccc5)n4)ccc3n(-c3ccccc3)c2c1. The third kappa shape index (κ3) is 4.01. The first-order chi connectivity index (χ1) is 19.3. The standard InChI is InChI=1S/C34H21N5/c35-22-23-16-18-28-29-21-26(17-19-30(29)39(31(28)20-23)27-14-8-3-9-15-27)34-37-32(24-10-4-1-5-11-24)36-33(38-34)25-12-6-2-7-13-25/h1-21H. The number of hydrogen-bond acceptors (Lipinski definition) is 4. The van der Waals surface area contributed by atoms with Gasteiger partial charge in [0.2, 0.25) is 0 Å². The molecule has 0 unspecified atom stereocenters. The van der Waals surface area contributed by atoms with Gasteiger partial charge in [-0.25, -0.2) is 15.0 Å². The Balaban J connectivity index is 1.48. The monoisotopic (exact) mass is 499 g/mol. The van der Waals surface area contributed by atoms with Gasteiger partial charge in [-0.1, -0.05) is 84.9 Å².